The molecule has 1 aromatic rings. The van der Waals surface area contributed by atoms with Crippen molar-refractivity contribution in [3.8, 4) is 0 Å². The normalized spacial score (nSPS) is 30.4. The van der Waals surface area contributed by atoms with E-state index in [0.717, 1.165) is 37.2 Å². The molecule has 102 valence electrons. The highest BCUT2D eigenvalue weighted by Crippen LogP contribution is 2.38. The third-order valence-corrected chi connectivity index (χ3v) is 4.63. The van der Waals surface area contributed by atoms with Crippen LogP contribution < -0.4 is 15.8 Å². The first-order chi connectivity index (χ1) is 9.29. The van der Waals surface area contributed by atoms with E-state index < -0.39 is 0 Å². The summed E-state index contributed by atoms with van der Waals surface area (Å²) in [6.07, 6.45) is 4.90. The molecule has 3 aliphatic rings. The fourth-order valence-electron chi connectivity index (χ4n) is 3.41. The van der Waals surface area contributed by atoms with Gasteiger partial charge in [0, 0.05) is 31.1 Å². The van der Waals surface area contributed by atoms with Gasteiger partial charge in [0.2, 0.25) is 0 Å². The fraction of sp³-hybridized carbons (Fsp3) is 0.714. The van der Waals surface area contributed by atoms with E-state index in [9.17, 15) is 4.79 Å². The molecule has 5 nitrogen and oxygen atoms in total. The van der Waals surface area contributed by atoms with Crippen molar-refractivity contribution in [2.24, 2.45) is 5.92 Å². The molecule has 4 rings (SSSR count). The third-order valence-electron chi connectivity index (χ3n) is 4.63. The zero-order valence-electron chi connectivity index (χ0n) is 11.1. The molecule has 0 radical (unpaired) electrons. The Balaban J connectivity index is 1.60. The lowest BCUT2D eigenvalue weighted by Gasteiger charge is -2.24. The van der Waals surface area contributed by atoms with Gasteiger partial charge in [-0.2, -0.15) is 0 Å². The maximum atomic E-state index is 11.8. The van der Waals surface area contributed by atoms with Crippen LogP contribution in [-0.2, 0) is 0 Å². The minimum atomic E-state index is -0.00488. The lowest BCUT2D eigenvalue weighted by molar-refractivity contribution is 0.340. The zero-order chi connectivity index (χ0) is 12.8. The van der Waals surface area contributed by atoms with Gasteiger partial charge < -0.3 is 15.2 Å². The summed E-state index contributed by atoms with van der Waals surface area (Å²) in [5.41, 5.74) is -0.00488. The van der Waals surface area contributed by atoms with Crippen LogP contribution in [0.25, 0.3) is 0 Å². The number of hydrogen-bond acceptors (Lipinski definition) is 4. The highest BCUT2D eigenvalue weighted by molar-refractivity contribution is 5.40. The summed E-state index contributed by atoms with van der Waals surface area (Å²) in [4.78, 5) is 21.6. The van der Waals surface area contributed by atoms with Crippen molar-refractivity contribution in [2.75, 3.05) is 24.5 Å². The minimum absolute atomic E-state index is 0.00488. The second-order valence-electron chi connectivity index (χ2n) is 6.13. The Morgan fingerprint density at radius 2 is 2.16 bits per heavy atom. The van der Waals surface area contributed by atoms with Crippen LogP contribution >= 0.6 is 0 Å². The number of nitrogens with zero attached hydrogens (tertiary/aromatic N) is 2. The first-order valence-electron chi connectivity index (χ1n) is 7.39. The second kappa shape index (κ2) is 4.34. The molecule has 2 atom stereocenters. The maximum Gasteiger partial charge on any atom is 0.252 e. The first-order valence-corrected chi connectivity index (χ1v) is 7.39. The third kappa shape index (κ3) is 2.16. The number of hydrogen-bond donors (Lipinski definition) is 2. The number of anilines is 1. The lowest BCUT2D eigenvalue weighted by atomic mass is 9.94. The van der Waals surface area contributed by atoms with Crippen LogP contribution in [0.2, 0.25) is 0 Å². The Morgan fingerprint density at radius 3 is 2.95 bits per heavy atom. The number of piperidine rings is 1. The van der Waals surface area contributed by atoms with Gasteiger partial charge in [0.1, 0.15) is 11.6 Å². The molecule has 2 aliphatic heterocycles. The summed E-state index contributed by atoms with van der Waals surface area (Å²) in [6, 6.07) is 2.24. The molecule has 2 unspecified atom stereocenters. The van der Waals surface area contributed by atoms with Crippen LogP contribution in [0.5, 0.6) is 0 Å². The highest BCUT2D eigenvalue weighted by atomic mass is 16.1. The molecule has 2 saturated heterocycles. The SMILES string of the molecule is O=c1cc(N2CC3CCCNC3C2)nc(C2CC2)[nH]1. The molecule has 5 heteroatoms. The van der Waals surface area contributed by atoms with Crippen molar-refractivity contribution in [3.05, 3.63) is 22.2 Å². The molecule has 19 heavy (non-hydrogen) atoms. The molecule has 0 amide bonds. The van der Waals surface area contributed by atoms with Gasteiger partial charge in [-0.25, -0.2) is 4.98 Å². The number of nitrogens with one attached hydrogen (secondary N) is 2. The van der Waals surface area contributed by atoms with Gasteiger partial charge in [-0.3, -0.25) is 4.79 Å². The van der Waals surface area contributed by atoms with Crippen molar-refractivity contribution < 1.29 is 0 Å². The van der Waals surface area contributed by atoms with Crippen molar-refractivity contribution in [2.45, 2.75) is 37.6 Å². The minimum Gasteiger partial charge on any atom is -0.354 e. The summed E-state index contributed by atoms with van der Waals surface area (Å²) in [6.45, 7) is 3.16. The molecule has 3 fully saturated rings. The fourth-order valence-corrected chi connectivity index (χ4v) is 3.41. The molecule has 3 heterocycles. The van der Waals surface area contributed by atoms with Crippen LogP contribution in [0.4, 0.5) is 5.82 Å². The molecule has 2 N–H and O–H groups in total. The quantitative estimate of drug-likeness (QED) is 0.827. The highest BCUT2D eigenvalue weighted by Gasteiger charge is 2.35. The van der Waals surface area contributed by atoms with Gasteiger partial charge in [-0.15, -0.1) is 0 Å². The number of H-pyrrole nitrogens is 1. The zero-order valence-corrected chi connectivity index (χ0v) is 11.1. The molecule has 0 aromatic carbocycles. The Morgan fingerprint density at radius 1 is 1.26 bits per heavy atom. The lowest BCUT2D eigenvalue weighted by Crippen LogP contribution is -2.40. The Hall–Kier alpha value is -1.36. The average Bonchev–Trinajstić information content (AvgIpc) is 3.17. The topological polar surface area (TPSA) is 61.0 Å². The van der Waals surface area contributed by atoms with Gasteiger partial charge in [0.25, 0.3) is 5.56 Å². The van der Waals surface area contributed by atoms with Crippen LogP contribution in [0.15, 0.2) is 10.9 Å². The van der Waals surface area contributed by atoms with Gasteiger partial charge in [0.15, 0.2) is 0 Å². The van der Waals surface area contributed by atoms with E-state index in [1.54, 1.807) is 6.07 Å². The van der Waals surface area contributed by atoms with Crippen molar-refractivity contribution in [1.82, 2.24) is 15.3 Å². The number of rotatable bonds is 2. The molecule has 1 aliphatic carbocycles. The molecule has 1 saturated carbocycles. The predicted molar refractivity (Wildman–Crippen MR) is 73.6 cm³/mol. The van der Waals surface area contributed by atoms with Gasteiger partial charge in [0.05, 0.1) is 0 Å². The molecule has 0 bridgehead atoms. The largest absolute Gasteiger partial charge is 0.354 e. The van der Waals surface area contributed by atoms with Crippen LogP contribution in [-0.4, -0.2) is 35.6 Å². The van der Waals surface area contributed by atoms with E-state index in [0.29, 0.717) is 12.0 Å². The van der Waals surface area contributed by atoms with E-state index >= 15 is 0 Å². The maximum absolute atomic E-state index is 11.8. The standard InChI is InChI=1S/C14H20N4O/c19-13-6-12(16-14(17-13)9-3-4-9)18-7-10-2-1-5-15-11(10)8-18/h6,9-11,15H,1-5,7-8H2,(H,16,17,19). The Labute approximate surface area is 112 Å². The van der Waals surface area contributed by atoms with Gasteiger partial charge in [-0.1, -0.05) is 0 Å². The van der Waals surface area contributed by atoms with E-state index in [2.05, 4.69) is 20.2 Å². The van der Waals surface area contributed by atoms with Crippen molar-refractivity contribution in [1.29, 1.82) is 0 Å². The average molecular weight is 260 g/mol. The summed E-state index contributed by atoms with van der Waals surface area (Å²) < 4.78 is 0. The molecular formula is C14H20N4O. The molecule has 0 spiro atoms. The summed E-state index contributed by atoms with van der Waals surface area (Å²) in [5.74, 6) is 2.99. The van der Waals surface area contributed by atoms with E-state index in [4.69, 9.17) is 0 Å². The van der Waals surface area contributed by atoms with Crippen LogP contribution in [0.1, 0.15) is 37.4 Å². The summed E-state index contributed by atoms with van der Waals surface area (Å²) in [7, 11) is 0. The number of aromatic amines is 1. The Kier molecular flexibility index (Phi) is 2.62. The number of fused-ring (bicyclic) bond motifs is 1. The summed E-state index contributed by atoms with van der Waals surface area (Å²) in [5, 5.41) is 3.59. The van der Waals surface area contributed by atoms with Crippen LogP contribution in [0.3, 0.4) is 0 Å². The molecule has 1 aromatic heterocycles. The second-order valence-corrected chi connectivity index (χ2v) is 6.13. The number of aromatic nitrogens is 2. The van der Waals surface area contributed by atoms with E-state index in [1.807, 2.05) is 0 Å². The smallest absolute Gasteiger partial charge is 0.252 e. The molecular weight excluding hydrogens is 240 g/mol. The van der Waals surface area contributed by atoms with E-state index in [-0.39, 0.29) is 5.56 Å². The van der Waals surface area contributed by atoms with Gasteiger partial charge in [-0.05, 0) is 38.1 Å². The van der Waals surface area contributed by atoms with Crippen LogP contribution in [0, 0.1) is 5.92 Å². The summed E-state index contributed by atoms with van der Waals surface area (Å²) >= 11 is 0. The van der Waals surface area contributed by atoms with E-state index in [1.165, 1.54) is 25.7 Å². The predicted octanol–water partition coefficient (Wildman–Crippen LogP) is 0.835. The van der Waals surface area contributed by atoms with Gasteiger partial charge >= 0.3 is 0 Å². The Bertz CT molecular complexity index is 522. The van der Waals surface area contributed by atoms with Crippen molar-refractivity contribution in [3.63, 3.8) is 0 Å². The van der Waals surface area contributed by atoms with Crippen molar-refractivity contribution >= 4 is 5.82 Å². The first kappa shape index (κ1) is 11.5. The monoisotopic (exact) mass is 260 g/mol.